The summed E-state index contributed by atoms with van der Waals surface area (Å²) < 4.78 is 44.3. The second-order valence-electron chi connectivity index (χ2n) is 9.24. The fraction of sp³-hybridized carbons (Fsp3) is 0.259. The summed E-state index contributed by atoms with van der Waals surface area (Å²) in [5.41, 5.74) is -0.246. The summed E-state index contributed by atoms with van der Waals surface area (Å²) in [6.45, 7) is 2.94. The van der Waals surface area contributed by atoms with Gasteiger partial charge in [0.2, 0.25) is 0 Å². The zero-order valence-corrected chi connectivity index (χ0v) is 24.2. The molecular formula is C27H22ClFN4O5S2. The van der Waals surface area contributed by atoms with Crippen LogP contribution >= 0.6 is 22.9 Å². The molecule has 0 aliphatic rings. The first kappa shape index (κ1) is 29.0. The minimum atomic E-state index is -3.48. The van der Waals surface area contributed by atoms with Gasteiger partial charge in [-0.3, -0.25) is 14.3 Å². The number of nitriles is 1. The summed E-state index contributed by atoms with van der Waals surface area (Å²) in [5.74, 6) is 4.77. The molecular weight excluding hydrogens is 579 g/mol. The van der Waals surface area contributed by atoms with Crippen molar-refractivity contribution >= 4 is 43.0 Å². The van der Waals surface area contributed by atoms with E-state index in [2.05, 4.69) is 16.8 Å². The van der Waals surface area contributed by atoms with Gasteiger partial charge in [-0.2, -0.15) is 5.26 Å². The topological polar surface area (TPSA) is 124 Å². The Hall–Kier alpha value is -3.97. The number of aryl methyl sites for hydroxylation is 1. The van der Waals surface area contributed by atoms with Crippen LogP contribution in [-0.4, -0.2) is 40.6 Å². The number of sulfone groups is 1. The van der Waals surface area contributed by atoms with Crippen LogP contribution in [-0.2, 0) is 16.4 Å². The Bertz CT molecular complexity index is 1990. The summed E-state index contributed by atoms with van der Waals surface area (Å²) in [7, 11) is -2.17. The van der Waals surface area contributed by atoms with Gasteiger partial charge in [0.05, 0.1) is 42.0 Å². The van der Waals surface area contributed by atoms with Gasteiger partial charge in [-0.15, -0.1) is 11.3 Å². The number of rotatable bonds is 6. The number of halogens is 2. The molecule has 3 aromatic heterocycles. The predicted octanol–water partition coefficient (Wildman–Crippen LogP) is 4.17. The molecule has 0 atom stereocenters. The van der Waals surface area contributed by atoms with Crippen molar-refractivity contribution in [3.05, 3.63) is 73.9 Å². The normalized spacial score (nSPS) is 11.6. The molecule has 9 nitrogen and oxygen atoms in total. The molecule has 0 saturated carbocycles. The van der Waals surface area contributed by atoms with E-state index in [1.54, 1.807) is 6.07 Å². The SMILES string of the molecule is COc1cc(-c2cc3c(s2)c(=O)n(-c2cncc(C#CC(C)(C)S(C)(=O)=O)c2)c(=O)n3CCC#N)c(Cl)cc1F. The lowest BCUT2D eigenvalue weighted by Gasteiger charge is -2.14. The Morgan fingerprint density at radius 2 is 1.93 bits per heavy atom. The van der Waals surface area contributed by atoms with Crippen LogP contribution in [0.1, 0.15) is 25.8 Å². The molecule has 4 rings (SSSR count). The van der Waals surface area contributed by atoms with Crippen LogP contribution in [0.15, 0.2) is 46.2 Å². The number of nitrogens with zero attached hydrogens (tertiary/aromatic N) is 4. The van der Waals surface area contributed by atoms with Crippen LogP contribution in [0.5, 0.6) is 5.75 Å². The molecule has 4 aromatic rings. The van der Waals surface area contributed by atoms with E-state index in [-0.39, 0.29) is 34.1 Å². The Kier molecular flexibility index (Phi) is 7.90. The fourth-order valence-electron chi connectivity index (χ4n) is 3.69. The molecule has 13 heteroatoms. The van der Waals surface area contributed by atoms with Crippen molar-refractivity contribution in [3.8, 4) is 39.8 Å². The lowest BCUT2D eigenvalue weighted by atomic mass is 10.1. The molecule has 3 heterocycles. The number of aromatic nitrogens is 3. The van der Waals surface area contributed by atoms with E-state index >= 15 is 0 Å². The predicted molar refractivity (Wildman–Crippen MR) is 152 cm³/mol. The molecule has 0 aliphatic carbocycles. The van der Waals surface area contributed by atoms with Crippen LogP contribution in [0.2, 0.25) is 5.02 Å². The van der Waals surface area contributed by atoms with Gasteiger partial charge in [-0.05, 0) is 38.1 Å². The van der Waals surface area contributed by atoms with Gasteiger partial charge < -0.3 is 4.74 Å². The van der Waals surface area contributed by atoms with E-state index in [1.165, 1.54) is 50.1 Å². The lowest BCUT2D eigenvalue weighted by molar-refractivity contribution is 0.387. The third-order valence-electron chi connectivity index (χ3n) is 6.19. The first-order valence-electron chi connectivity index (χ1n) is 11.7. The van der Waals surface area contributed by atoms with Crippen molar-refractivity contribution in [1.29, 1.82) is 5.26 Å². The maximum atomic E-state index is 14.1. The average Bonchev–Trinajstić information content (AvgIpc) is 3.33. The van der Waals surface area contributed by atoms with Crippen LogP contribution in [0.3, 0.4) is 0 Å². The van der Waals surface area contributed by atoms with Crippen LogP contribution < -0.4 is 16.0 Å². The zero-order valence-electron chi connectivity index (χ0n) is 21.8. The van der Waals surface area contributed by atoms with Crippen molar-refractivity contribution in [3.63, 3.8) is 0 Å². The van der Waals surface area contributed by atoms with Crippen LogP contribution in [0.25, 0.3) is 26.3 Å². The molecule has 0 aliphatic heterocycles. The quantitative estimate of drug-likeness (QED) is 0.304. The number of ether oxygens (including phenoxy) is 1. The highest BCUT2D eigenvalue weighted by Crippen LogP contribution is 2.39. The Morgan fingerprint density at radius 1 is 1.20 bits per heavy atom. The van der Waals surface area contributed by atoms with Crippen LogP contribution in [0, 0.1) is 29.0 Å². The zero-order chi connectivity index (χ0) is 29.4. The van der Waals surface area contributed by atoms with Crippen LogP contribution in [0.4, 0.5) is 4.39 Å². The largest absolute Gasteiger partial charge is 0.494 e. The summed E-state index contributed by atoms with van der Waals surface area (Å²) in [5, 5.41) is 9.27. The number of fused-ring (bicyclic) bond motifs is 1. The summed E-state index contributed by atoms with van der Waals surface area (Å²) in [6, 6.07) is 7.56. The third-order valence-corrected chi connectivity index (χ3v) is 9.61. The van der Waals surface area contributed by atoms with E-state index in [9.17, 15) is 27.7 Å². The van der Waals surface area contributed by atoms with E-state index in [1.807, 2.05) is 6.07 Å². The first-order valence-corrected chi connectivity index (χ1v) is 14.8. The highest BCUT2D eigenvalue weighted by atomic mass is 35.5. The Morgan fingerprint density at radius 3 is 2.58 bits per heavy atom. The Labute approximate surface area is 238 Å². The van der Waals surface area contributed by atoms with Gasteiger partial charge in [-0.1, -0.05) is 23.4 Å². The van der Waals surface area contributed by atoms with Gasteiger partial charge in [0, 0.05) is 35.0 Å². The second kappa shape index (κ2) is 10.9. The summed E-state index contributed by atoms with van der Waals surface area (Å²) in [4.78, 5) is 31.9. The maximum absolute atomic E-state index is 14.1. The first-order chi connectivity index (χ1) is 18.8. The molecule has 0 saturated heterocycles. The van der Waals surface area contributed by atoms with Gasteiger partial charge in [0.15, 0.2) is 21.4 Å². The molecule has 0 N–H and O–H groups in total. The highest BCUT2D eigenvalue weighted by Gasteiger charge is 2.27. The maximum Gasteiger partial charge on any atom is 0.336 e. The second-order valence-corrected chi connectivity index (χ2v) is 13.3. The number of pyridine rings is 1. The van der Waals surface area contributed by atoms with E-state index in [0.29, 0.717) is 21.5 Å². The van der Waals surface area contributed by atoms with Crippen molar-refractivity contribution < 1.29 is 17.5 Å². The minimum Gasteiger partial charge on any atom is -0.494 e. The molecule has 0 spiro atoms. The minimum absolute atomic E-state index is 0.00175. The van der Waals surface area contributed by atoms with Gasteiger partial charge in [0.25, 0.3) is 5.56 Å². The number of thiophene rings is 1. The summed E-state index contributed by atoms with van der Waals surface area (Å²) in [6.07, 6.45) is 3.78. The van der Waals surface area contributed by atoms with Crippen molar-refractivity contribution in [2.45, 2.75) is 31.6 Å². The number of benzene rings is 1. The third kappa shape index (κ3) is 5.39. The number of hydrogen-bond acceptors (Lipinski definition) is 8. The van der Waals surface area contributed by atoms with E-state index in [4.69, 9.17) is 16.3 Å². The Balaban J connectivity index is 1.96. The fourth-order valence-corrected chi connectivity index (χ4v) is 5.36. The lowest BCUT2D eigenvalue weighted by Crippen LogP contribution is -2.38. The van der Waals surface area contributed by atoms with Crippen molar-refractivity contribution in [1.82, 2.24) is 14.1 Å². The van der Waals surface area contributed by atoms with Crippen molar-refractivity contribution in [2.24, 2.45) is 0 Å². The van der Waals surface area contributed by atoms with Gasteiger partial charge >= 0.3 is 5.69 Å². The monoisotopic (exact) mass is 600 g/mol. The van der Waals surface area contributed by atoms with Crippen molar-refractivity contribution in [2.75, 3.05) is 13.4 Å². The smallest absolute Gasteiger partial charge is 0.336 e. The molecule has 206 valence electrons. The number of hydrogen-bond donors (Lipinski definition) is 0. The van der Waals surface area contributed by atoms with Gasteiger partial charge in [-0.25, -0.2) is 22.2 Å². The molecule has 1 aromatic carbocycles. The molecule has 40 heavy (non-hydrogen) atoms. The van der Waals surface area contributed by atoms with E-state index < -0.39 is 31.7 Å². The summed E-state index contributed by atoms with van der Waals surface area (Å²) >= 11 is 7.36. The molecule has 0 bridgehead atoms. The molecule has 0 unspecified atom stereocenters. The van der Waals surface area contributed by atoms with E-state index in [0.717, 1.165) is 28.2 Å². The standard InChI is InChI=1S/C27H22ClFN4O5S2/c1-27(2,40(4,36)37)7-6-16-10-17(15-31-14-16)33-25(34)24-21(32(26(33)35)9-5-8-30)13-23(39-24)18-11-22(38-3)20(29)12-19(18)28/h10-15H,5,9H2,1-4H3. The average molecular weight is 601 g/mol. The number of methoxy groups -OCH3 is 1. The molecule has 0 radical (unpaired) electrons. The highest BCUT2D eigenvalue weighted by molar-refractivity contribution is 7.92. The molecule has 0 amide bonds. The van der Waals surface area contributed by atoms with Gasteiger partial charge in [0.1, 0.15) is 9.45 Å². The molecule has 0 fully saturated rings.